The van der Waals surface area contributed by atoms with Gasteiger partial charge in [-0.2, -0.15) is 11.8 Å². The summed E-state index contributed by atoms with van der Waals surface area (Å²) in [6, 6.07) is 26.5. The average molecular weight is 594 g/mol. The van der Waals surface area contributed by atoms with Crippen LogP contribution in [0.2, 0.25) is 5.02 Å². The number of aliphatic carboxylic acids is 1. The van der Waals surface area contributed by atoms with Crippen LogP contribution in [0, 0.1) is 5.41 Å². The van der Waals surface area contributed by atoms with Crippen molar-refractivity contribution >= 4 is 52.4 Å². The van der Waals surface area contributed by atoms with Gasteiger partial charge in [-0.05, 0) is 91.5 Å². The second-order valence-corrected chi connectivity index (χ2v) is 13.3. The predicted molar refractivity (Wildman–Crippen MR) is 172 cm³/mol. The second kappa shape index (κ2) is 13.8. The van der Waals surface area contributed by atoms with Crippen LogP contribution < -0.4 is 18.9 Å². The van der Waals surface area contributed by atoms with E-state index in [0.717, 1.165) is 64.7 Å². The molecule has 0 unspecified atom stereocenters. The molecule has 2 N–H and O–H groups in total. The van der Waals surface area contributed by atoms with Gasteiger partial charge in [0.05, 0.1) is 23.2 Å². The molecule has 1 aliphatic rings. The molecule has 0 radical (unpaired) electrons. The molecule has 1 saturated carbocycles. The molecule has 7 heteroatoms. The van der Waals surface area contributed by atoms with Crippen molar-refractivity contribution in [3.63, 3.8) is 0 Å². The quantitative estimate of drug-likeness (QED) is 0.195. The molecule has 5 rings (SSSR count). The van der Waals surface area contributed by atoms with E-state index < -0.39 is 11.6 Å². The van der Waals surface area contributed by atoms with Gasteiger partial charge in [-0.1, -0.05) is 78.3 Å². The first-order chi connectivity index (χ1) is 19.6. The summed E-state index contributed by atoms with van der Waals surface area (Å²) >= 11 is 8.04. The number of aryl methyl sites for hydroxylation is 1. The van der Waals surface area contributed by atoms with Gasteiger partial charge in [0.15, 0.2) is 0 Å². The Morgan fingerprint density at radius 3 is 2.57 bits per heavy atom. The molecule has 214 valence electrons. The molecule has 4 nitrogen and oxygen atoms in total. The third-order valence-corrected chi connectivity index (χ3v) is 9.76. The fourth-order valence-corrected chi connectivity index (χ4v) is 7.09. The van der Waals surface area contributed by atoms with Crippen LogP contribution in [0.3, 0.4) is 0 Å². The number of pyridine rings is 1. The van der Waals surface area contributed by atoms with Crippen LogP contribution in [0.4, 0.5) is 0 Å². The van der Waals surface area contributed by atoms with Crippen molar-refractivity contribution in [2.24, 2.45) is 5.41 Å². The number of hydrogen-bond donors (Lipinski definition) is 2. The summed E-state index contributed by atoms with van der Waals surface area (Å²) in [4.78, 5) is 16.2. The summed E-state index contributed by atoms with van der Waals surface area (Å²) in [5, 5.41) is 22.1. The first kappa shape index (κ1) is 32.4. The van der Waals surface area contributed by atoms with Gasteiger partial charge in [0.1, 0.15) is 0 Å². The Balaban J connectivity index is 0.00000253. The van der Waals surface area contributed by atoms with Crippen LogP contribution in [0.1, 0.15) is 74.2 Å². The van der Waals surface area contributed by atoms with E-state index in [1.807, 2.05) is 74.1 Å². The van der Waals surface area contributed by atoms with Crippen LogP contribution >= 0.6 is 23.4 Å². The topological polar surface area (TPSA) is 70.4 Å². The zero-order chi connectivity index (χ0) is 29.0. The summed E-state index contributed by atoms with van der Waals surface area (Å²) < 4.78 is 0. The molecule has 0 bridgehead atoms. The fraction of sp³-hybridized carbons (Fsp3) is 0.314. The number of carboxylic acid groups (broad SMARTS) is 1. The molecule has 1 heterocycles. The van der Waals surface area contributed by atoms with Gasteiger partial charge in [0, 0.05) is 21.4 Å². The van der Waals surface area contributed by atoms with E-state index in [2.05, 4.69) is 42.5 Å². The number of fused-ring (bicyclic) bond motifs is 1. The molecule has 42 heavy (non-hydrogen) atoms. The monoisotopic (exact) mass is 593 g/mol. The number of hydrogen-bond acceptors (Lipinski definition) is 4. The first-order valence-electron chi connectivity index (χ1n) is 14.1. The predicted octanol–water partition coefficient (Wildman–Crippen LogP) is 6.06. The van der Waals surface area contributed by atoms with Crippen molar-refractivity contribution in [3.8, 4) is 0 Å². The van der Waals surface area contributed by atoms with E-state index >= 15 is 0 Å². The Hall–Kier alpha value is -2.52. The van der Waals surface area contributed by atoms with Gasteiger partial charge in [0.2, 0.25) is 0 Å². The number of carboxylic acids is 1. The number of carbonyl (C=O) groups is 1. The number of halogens is 1. The molecular formula is C35H37ClLiNO3S. The van der Waals surface area contributed by atoms with Crippen molar-refractivity contribution in [1.29, 1.82) is 0 Å². The molecule has 1 atom stereocenters. The van der Waals surface area contributed by atoms with Gasteiger partial charge in [-0.25, -0.2) is 4.98 Å². The largest absolute Gasteiger partial charge is 1.00 e. The third-order valence-electron chi connectivity index (χ3n) is 7.83. The number of aromatic nitrogens is 1. The Morgan fingerprint density at radius 2 is 1.83 bits per heavy atom. The van der Waals surface area contributed by atoms with Gasteiger partial charge < -0.3 is 11.6 Å². The summed E-state index contributed by atoms with van der Waals surface area (Å²) in [5.41, 5.74) is 5.15. The molecule has 1 aliphatic carbocycles. The zero-order valence-electron chi connectivity index (χ0n) is 25.5. The smallest absolute Gasteiger partial charge is 1.00 e. The summed E-state index contributed by atoms with van der Waals surface area (Å²) in [7, 11) is 0. The molecule has 1 fully saturated rings. The van der Waals surface area contributed by atoms with E-state index in [4.69, 9.17) is 16.6 Å². The van der Waals surface area contributed by atoms with Gasteiger partial charge >= 0.3 is 24.8 Å². The van der Waals surface area contributed by atoms with Crippen LogP contribution in [0.5, 0.6) is 0 Å². The minimum atomic E-state index is -0.911. The van der Waals surface area contributed by atoms with Crippen LogP contribution in [-0.4, -0.2) is 26.9 Å². The Bertz CT molecular complexity index is 1590. The SMILES string of the molecule is CC(C)(O)c1ccccc1CC[C@@H](SCC1(CC(=O)O)CC1)c1cccc(C=Cc2ccc3ccc(Cl)cc3n2)c1.[H-].[Li+]. The normalized spacial score (nSPS) is 15.0. The fourth-order valence-electron chi connectivity index (χ4n) is 5.36. The maximum absolute atomic E-state index is 11.5. The molecule has 3 aromatic carbocycles. The van der Waals surface area contributed by atoms with Crippen molar-refractivity contribution < 1.29 is 35.3 Å². The van der Waals surface area contributed by atoms with Crippen molar-refractivity contribution in [1.82, 2.24) is 4.98 Å². The maximum Gasteiger partial charge on any atom is 1.00 e. The molecule has 0 spiro atoms. The Kier molecular flexibility index (Phi) is 10.7. The Morgan fingerprint density at radius 1 is 1.07 bits per heavy atom. The second-order valence-electron chi connectivity index (χ2n) is 11.7. The number of rotatable bonds is 12. The molecule has 0 amide bonds. The van der Waals surface area contributed by atoms with E-state index in [0.29, 0.717) is 5.02 Å². The van der Waals surface area contributed by atoms with Crippen LogP contribution in [0.25, 0.3) is 23.1 Å². The maximum atomic E-state index is 11.5. The summed E-state index contributed by atoms with van der Waals surface area (Å²) in [5.74, 6) is 0.122. The Labute approximate surface area is 271 Å². The number of thioether (sulfide) groups is 1. The van der Waals surface area contributed by atoms with Crippen LogP contribution in [0.15, 0.2) is 78.9 Å². The van der Waals surface area contributed by atoms with Crippen molar-refractivity contribution in [3.05, 3.63) is 112 Å². The minimum Gasteiger partial charge on any atom is -1.00 e. The van der Waals surface area contributed by atoms with E-state index in [9.17, 15) is 15.0 Å². The number of nitrogens with zero attached hydrogens (tertiary/aromatic N) is 1. The molecule has 1 aromatic heterocycles. The van der Waals surface area contributed by atoms with Crippen LogP contribution in [-0.2, 0) is 16.8 Å². The van der Waals surface area contributed by atoms with Crippen molar-refractivity contribution in [2.75, 3.05) is 5.75 Å². The van der Waals surface area contributed by atoms with Gasteiger partial charge in [0.25, 0.3) is 0 Å². The average Bonchev–Trinajstić information content (AvgIpc) is 3.70. The molecular weight excluding hydrogens is 557 g/mol. The number of aliphatic hydroxyl groups is 1. The number of benzene rings is 3. The molecule has 4 aromatic rings. The van der Waals surface area contributed by atoms with E-state index in [-0.39, 0.29) is 37.4 Å². The van der Waals surface area contributed by atoms with Gasteiger partial charge in [-0.15, -0.1) is 0 Å². The molecule has 0 aliphatic heterocycles. The summed E-state index contributed by atoms with van der Waals surface area (Å²) in [6.07, 6.45) is 8.02. The summed E-state index contributed by atoms with van der Waals surface area (Å²) in [6.45, 7) is 3.66. The van der Waals surface area contributed by atoms with Crippen molar-refractivity contribution in [2.45, 2.75) is 56.8 Å². The van der Waals surface area contributed by atoms with E-state index in [1.165, 1.54) is 5.56 Å². The van der Waals surface area contributed by atoms with E-state index in [1.54, 1.807) is 0 Å². The molecule has 0 saturated heterocycles. The third kappa shape index (κ3) is 8.53. The first-order valence-corrected chi connectivity index (χ1v) is 15.5. The zero-order valence-corrected chi connectivity index (χ0v) is 26.1. The van der Waals surface area contributed by atoms with Gasteiger partial charge in [-0.3, -0.25) is 4.79 Å². The standard InChI is InChI=1S/C35H36ClNO3S.Li.H/c1-34(2,40)30-9-4-3-7-25(30)13-17-32(41-23-35(18-19-35)22-33(38)39)27-8-5-6-24(20-27)10-15-29-16-12-26-11-14-28(36)21-31(26)37-29;;/h3-12,14-16,20-21,32,40H,13,17-19,22-23H2,1-2H3,(H,38,39);;/q;+1;-1/t32-;;/m1../s1. The minimum absolute atomic E-state index is 0.